The highest BCUT2D eigenvalue weighted by molar-refractivity contribution is 6.59. The first kappa shape index (κ1) is 22.1. The minimum Gasteiger partial charge on any atom is -0.352 e. The van der Waals surface area contributed by atoms with E-state index in [0.29, 0.717) is 0 Å². The lowest BCUT2D eigenvalue weighted by Crippen LogP contribution is -2.50. The van der Waals surface area contributed by atoms with E-state index in [2.05, 4.69) is 59.6 Å². The van der Waals surface area contributed by atoms with E-state index in [1.165, 1.54) is 24.0 Å². The molecule has 28 heavy (non-hydrogen) atoms. The molecule has 152 valence electrons. The zero-order valence-electron chi connectivity index (χ0n) is 18.3. The van der Waals surface area contributed by atoms with Crippen molar-refractivity contribution < 1.29 is 0 Å². The van der Waals surface area contributed by atoms with Gasteiger partial charge in [0.25, 0.3) is 0 Å². The molecule has 0 radical (unpaired) electrons. The summed E-state index contributed by atoms with van der Waals surface area (Å²) in [7, 11) is 4.04. The van der Waals surface area contributed by atoms with Gasteiger partial charge in [-0.05, 0) is 37.6 Å². The molecule has 2 aliphatic rings. The van der Waals surface area contributed by atoms with Gasteiger partial charge in [-0.15, -0.1) is 0 Å². The molecule has 0 aliphatic carbocycles. The van der Waals surface area contributed by atoms with Crippen LogP contribution in [0.1, 0.15) is 44.7 Å². The average molecular weight is 381 g/mol. The fourth-order valence-corrected chi connectivity index (χ4v) is 3.59. The summed E-state index contributed by atoms with van der Waals surface area (Å²) < 4.78 is 0. The highest BCUT2D eigenvalue weighted by atomic mass is 15.3. The quantitative estimate of drug-likeness (QED) is 0.737. The van der Waals surface area contributed by atoms with Crippen LogP contribution in [0.5, 0.6) is 0 Å². The number of unbranched alkanes of at least 4 members (excludes halogenated alkanes) is 1. The van der Waals surface area contributed by atoms with Crippen LogP contribution in [0.2, 0.25) is 0 Å². The van der Waals surface area contributed by atoms with Gasteiger partial charge in [-0.1, -0.05) is 52.0 Å². The van der Waals surface area contributed by atoms with Gasteiger partial charge in [0.2, 0.25) is 0 Å². The lowest BCUT2D eigenvalue weighted by Gasteiger charge is -2.36. The number of aliphatic imine (C=N–C) groups is 2. The van der Waals surface area contributed by atoms with E-state index in [0.717, 1.165) is 55.4 Å². The smallest absolute Gasteiger partial charge is 0.155 e. The summed E-state index contributed by atoms with van der Waals surface area (Å²) >= 11 is 0. The van der Waals surface area contributed by atoms with E-state index in [9.17, 15) is 0 Å². The van der Waals surface area contributed by atoms with Gasteiger partial charge >= 0.3 is 0 Å². The van der Waals surface area contributed by atoms with Crippen molar-refractivity contribution in [3.05, 3.63) is 48.1 Å². The topological polar surface area (TPSA) is 31.2 Å². The third kappa shape index (κ3) is 4.99. The molecule has 2 heterocycles. The van der Waals surface area contributed by atoms with Crippen LogP contribution in [0.25, 0.3) is 5.57 Å². The summed E-state index contributed by atoms with van der Waals surface area (Å²) in [5.41, 5.74) is 5.71. The van der Waals surface area contributed by atoms with E-state index in [1.54, 1.807) is 0 Å². The van der Waals surface area contributed by atoms with Crippen LogP contribution in [0, 0.1) is 0 Å². The van der Waals surface area contributed by atoms with Gasteiger partial charge in [0, 0.05) is 44.4 Å². The van der Waals surface area contributed by atoms with Gasteiger partial charge < -0.3 is 9.80 Å². The Kier molecular flexibility index (Phi) is 8.65. The zero-order chi connectivity index (χ0) is 20.5. The third-order valence-corrected chi connectivity index (χ3v) is 5.17. The Morgan fingerprint density at radius 2 is 1.89 bits per heavy atom. The van der Waals surface area contributed by atoms with Crippen LogP contribution < -0.4 is 0 Å². The molecule has 0 aromatic heterocycles. The SMILES string of the molecule is C=C/C=C1\C(=NC)C(N2CCN(C)CC2)=Nc2ccc(CCCC)cc21.CC. The number of allylic oxidation sites excluding steroid dienone is 2. The predicted molar refractivity (Wildman–Crippen MR) is 124 cm³/mol. The number of benzene rings is 1. The Morgan fingerprint density at radius 3 is 2.50 bits per heavy atom. The summed E-state index contributed by atoms with van der Waals surface area (Å²) in [5.74, 6) is 1.00. The average Bonchev–Trinajstić information content (AvgIpc) is 2.74. The first-order valence-electron chi connectivity index (χ1n) is 10.6. The summed E-state index contributed by atoms with van der Waals surface area (Å²) in [6, 6.07) is 6.68. The van der Waals surface area contributed by atoms with Crippen molar-refractivity contribution in [2.45, 2.75) is 40.0 Å². The minimum absolute atomic E-state index is 0.981. The van der Waals surface area contributed by atoms with Gasteiger partial charge in [0.05, 0.1) is 5.69 Å². The minimum atomic E-state index is 0.981. The molecule has 1 saturated heterocycles. The number of likely N-dealkylation sites (N-methyl/N-ethyl adjacent to an activating group) is 1. The van der Waals surface area contributed by atoms with Crippen LogP contribution in [-0.2, 0) is 6.42 Å². The number of rotatable bonds is 4. The largest absolute Gasteiger partial charge is 0.352 e. The second kappa shape index (κ2) is 11.0. The van der Waals surface area contributed by atoms with Crippen molar-refractivity contribution in [3.8, 4) is 0 Å². The second-order valence-corrected chi connectivity index (χ2v) is 7.07. The molecule has 1 aromatic rings. The molecule has 1 fully saturated rings. The number of nitrogens with zero attached hydrogens (tertiary/aromatic N) is 4. The summed E-state index contributed by atoms with van der Waals surface area (Å²) in [6.45, 7) is 14.2. The van der Waals surface area contributed by atoms with E-state index < -0.39 is 0 Å². The molecule has 0 amide bonds. The maximum Gasteiger partial charge on any atom is 0.155 e. The molecule has 0 unspecified atom stereocenters. The number of amidine groups is 1. The van der Waals surface area contributed by atoms with E-state index in [4.69, 9.17) is 4.99 Å². The molecule has 0 bridgehead atoms. The zero-order valence-corrected chi connectivity index (χ0v) is 18.3. The van der Waals surface area contributed by atoms with Gasteiger partial charge in [0.15, 0.2) is 5.84 Å². The molecule has 3 rings (SSSR count). The maximum absolute atomic E-state index is 5.02. The number of hydrogen-bond acceptors (Lipinski definition) is 4. The van der Waals surface area contributed by atoms with E-state index in [1.807, 2.05) is 27.0 Å². The number of piperazine rings is 1. The van der Waals surface area contributed by atoms with Crippen LogP contribution >= 0.6 is 0 Å². The molecule has 0 spiro atoms. The Labute approximate surface area is 171 Å². The molecule has 1 aromatic carbocycles. The van der Waals surface area contributed by atoms with Gasteiger partial charge in [-0.25, -0.2) is 4.99 Å². The standard InChI is InChI=1S/C22H30N4.C2H6/c1-5-7-9-17-10-11-20-19(16-17)18(8-6-2)21(23-3)22(24-20)26-14-12-25(4)13-15-26;1-2/h6,8,10-11,16H,2,5,7,9,12-15H2,1,3-4H3;1-2H3/b18-8-,23-21?;. The molecule has 2 aliphatic heterocycles. The monoisotopic (exact) mass is 380 g/mol. The molecular formula is C24H36N4. The Balaban J connectivity index is 0.00000136. The fourth-order valence-electron chi connectivity index (χ4n) is 3.59. The predicted octanol–water partition coefficient (Wildman–Crippen LogP) is 4.99. The number of hydrogen-bond donors (Lipinski definition) is 0. The Bertz CT molecular complexity index is 750. The van der Waals surface area contributed by atoms with Gasteiger partial charge in [-0.2, -0.15) is 0 Å². The van der Waals surface area contributed by atoms with Crippen molar-refractivity contribution >= 4 is 22.8 Å². The maximum atomic E-state index is 5.02. The summed E-state index contributed by atoms with van der Waals surface area (Å²) in [4.78, 5) is 14.4. The van der Waals surface area contributed by atoms with Crippen LogP contribution in [0.3, 0.4) is 0 Å². The molecule has 4 heteroatoms. The molecule has 0 atom stereocenters. The number of aryl methyl sites for hydroxylation is 1. The second-order valence-electron chi connectivity index (χ2n) is 7.07. The van der Waals surface area contributed by atoms with Crippen LogP contribution in [-0.4, -0.2) is 61.6 Å². The summed E-state index contributed by atoms with van der Waals surface area (Å²) in [5, 5.41) is 0. The molecule has 4 nitrogen and oxygen atoms in total. The molecule has 0 N–H and O–H groups in total. The van der Waals surface area contributed by atoms with Gasteiger partial charge in [-0.3, -0.25) is 4.99 Å². The van der Waals surface area contributed by atoms with Crippen molar-refractivity contribution in [2.75, 3.05) is 40.3 Å². The van der Waals surface area contributed by atoms with Crippen LogP contribution in [0.15, 0.2) is 46.9 Å². The molecular weight excluding hydrogens is 344 g/mol. The van der Waals surface area contributed by atoms with Gasteiger partial charge in [0.1, 0.15) is 5.71 Å². The Hall–Kier alpha value is -2.20. The highest BCUT2D eigenvalue weighted by Gasteiger charge is 2.28. The normalized spacial score (nSPS) is 19.8. The first-order chi connectivity index (χ1) is 13.7. The van der Waals surface area contributed by atoms with E-state index in [-0.39, 0.29) is 0 Å². The highest BCUT2D eigenvalue weighted by Crippen LogP contribution is 2.34. The first-order valence-corrected chi connectivity index (χ1v) is 10.6. The lowest BCUT2D eigenvalue weighted by atomic mass is 9.92. The van der Waals surface area contributed by atoms with Crippen molar-refractivity contribution in [1.29, 1.82) is 0 Å². The van der Waals surface area contributed by atoms with Crippen LogP contribution in [0.4, 0.5) is 5.69 Å². The van der Waals surface area contributed by atoms with E-state index >= 15 is 0 Å². The lowest BCUT2D eigenvalue weighted by molar-refractivity contribution is 0.217. The van der Waals surface area contributed by atoms with Crippen molar-refractivity contribution in [2.24, 2.45) is 9.98 Å². The van der Waals surface area contributed by atoms with Crippen molar-refractivity contribution in [3.63, 3.8) is 0 Å². The molecule has 0 saturated carbocycles. The number of fused-ring (bicyclic) bond motifs is 1. The fraction of sp³-hybridized carbons (Fsp3) is 0.500. The third-order valence-electron chi connectivity index (χ3n) is 5.17. The summed E-state index contributed by atoms with van der Waals surface area (Å²) in [6.07, 6.45) is 7.47. The Morgan fingerprint density at radius 1 is 1.18 bits per heavy atom. The van der Waals surface area contributed by atoms with Crippen molar-refractivity contribution in [1.82, 2.24) is 9.80 Å².